The molecule has 0 aliphatic carbocycles. The molecule has 0 radical (unpaired) electrons. The summed E-state index contributed by atoms with van der Waals surface area (Å²) in [5.41, 5.74) is 7.91. The molecular weight excluding hydrogens is 470 g/mol. The molecule has 29 heavy (non-hydrogen) atoms. The molecule has 0 atom stereocenters. The lowest BCUT2D eigenvalue weighted by atomic mass is 10.2. The van der Waals surface area contributed by atoms with Crippen molar-refractivity contribution < 1.29 is 4.79 Å². The maximum atomic E-state index is 12.0. The SMILES string of the molecule is Cc1cc(/C=N/NC(=O)CSCc2cccc(Br)c2)c(C)n1-c1ccc(Cl)cc1. The molecule has 0 fully saturated rings. The minimum Gasteiger partial charge on any atom is -0.318 e. The van der Waals surface area contributed by atoms with Gasteiger partial charge >= 0.3 is 0 Å². The highest BCUT2D eigenvalue weighted by Crippen LogP contribution is 2.21. The maximum Gasteiger partial charge on any atom is 0.250 e. The maximum absolute atomic E-state index is 12.0. The third-order valence-electron chi connectivity index (χ3n) is 4.34. The molecule has 7 heteroatoms. The van der Waals surface area contributed by atoms with Crippen LogP contribution in [-0.4, -0.2) is 22.4 Å². The summed E-state index contributed by atoms with van der Waals surface area (Å²) in [7, 11) is 0. The molecule has 2 aromatic carbocycles. The number of benzene rings is 2. The normalized spacial score (nSPS) is 11.2. The molecule has 0 aliphatic heterocycles. The van der Waals surface area contributed by atoms with Crippen LogP contribution in [0.25, 0.3) is 5.69 Å². The van der Waals surface area contributed by atoms with E-state index in [1.54, 1.807) is 18.0 Å². The van der Waals surface area contributed by atoms with E-state index < -0.39 is 0 Å². The van der Waals surface area contributed by atoms with Crippen LogP contribution in [0.4, 0.5) is 0 Å². The number of thioether (sulfide) groups is 1. The number of aryl methyl sites for hydroxylation is 1. The van der Waals surface area contributed by atoms with Gasteiger partial charge < -0.3 is 4.57 Å². The first-order chi connectivity index (χ1) is 13.9. The van der Waals surface area contributed by atoms with Gasteiger partial charge in [0.25, 0.3) is 0 Å². The zero-order valence-electron chi connectivity index (χ0n) is 16.2. The van der Waals surface area contributed by atoms with Crippen molar-refractivity contribution in [3.8, 4) is 5.69 Å². The van der Waals surface area contributed by atoms with E-state index in [0.717, 1.165) is 32.9 Å². The van der Waals surface area contributed by atoms with Crippen molar-refractivity contribution in [2.45, 2.75) is 19.6 Å². The van der Waals surface area contributed by atoms with Crippen LogP contribution in [0.3, 0.4) is 0 Å². The second-order valence-electron chi connectivity index (χ2n) is 6.55. The molecule has 150 valence electrons. The number of aromatic nitrogens is 1. The van der Waals surface area contributed by atoms with Crippen LogP contribution in [0.15, 0.2) is 64.2 Å². The third-order valence-corrected chi connectivity index (χ3v) is 6.09. The predicted octanol–water partition coefficient (Wildman–Crippen LogP) is 5.89. The first kappa shape index (κ1) is 21.7. The Bertz CT molecular complexity index is 1030. The number of nitrogens with zero attached hydrogens (tertiary/aromatic N) is 2. The number of halogens is 2. The lowest BCUT2D eigenvalue weighted by Crippen LogP contribution is -2.19. The third kappa shape index (κ3) is 5.98. The monoisotopic (exact) mass is 489 g/mol. The van der Waals surface area contributed by atoms with Gasteiger partial charge in [-0.3, -0.25) is 4.79 Å². The predicted molar refractivity (Wildman–Crippen MR) is 126 cm³/mol. The Kier molecular flexibility index (Phi) is 7.58. The number of nitrogens with one attached hydrogen (secondary N) is 1. The number of rotatable bonds is 7. The second-order valence-corrected chi connectivity index (χ2v) is 8.89. The molecule has 0 saturated heterocycles. The number of carbonyl (C=O) groups excluding carboxylic acids is 1. The van der Waals surface area contributed by atoms with Crippen molar-refractivity contribution in [1.29, 1.82) is 0 Å². The molecule has 1 heterocycles. The largest absolute Gasteiger partial charge is 0.318 e. The van der Waals surface area contributed by atoms with E-state index in [0.29, 0.717) is 10.8 Å². The average molecular weight is 491 g/mol. The van der Waals surface area contributed by atoms with Crippen LogP contribution in [-0.2, 0) is 10.5 Å². The van der Waals surface area contributed by atoms with Gasteiger partial charge in [0.15, 0.2) is 0 Å². The summed E-state index contributed by atoms with van der Waals surface area (Å²) in [6, 6.07) is 17.8. The summed E-state index contributed by atoms with van der Waals surface area (Å²) in [4.78, 5) is 12.0. The summed E-state index contributed by atoms with van der Waals surface area (Å²) in [5, 5.41) is 4.83. The summed E-state index contributed by atoms with van der Waals surface area (Å²) in [6.07, 6.45) is 1.69. The Morgan fingerprint density at radius 1 is 1.21 bits per heavy atom. The topological polar surface area (TPSA) is 46.4 Å². The molecule has 3 aromatic rings. The number of hydrogen-bond donors (Lipinski definition) is 1. The van der Waals surface area contributed by atoms with E-state index in [2.05, 4.69) is 37.1 Å². The fourth-order valence-corrected chi connectivity index (χ4v) is 4.34. The molecule has 4 nitrogen and oxygen atoms in total. The summed E-state index contributed by atoms with van der Waals surface area (Å²) >= 11 is 11.0. The lowest BCUT2D eigenvalue weighted by molar-refractivity contribution is -0.118. The quantitative estimate of drug-likeness (QED) is 0.331. The van der Waals surface area contributed by atoms with Crippen LogP contribution in [0.2, 0.25) is 5.02 Å². The Balaban J connectivity index is 1.55. The first-order valence-corrected chi connectivity index (χ1v) is 11.4. The van der Waals surface area contributed by atoms with Crippen LogP contribution < -0.4 is 5.43 Å². The van der Waals surface area contributed by atoms with Gasteiger partial charge in [-0.15, -0.1) is 11.8 Å². The Morgan fingerprint density at radius 2 is 1.97 bits per heavy atom. The van der Waals surface area contributed by atoms with Crippen molar-refractivity contribution >= 4 is 51.4 Å². The van der Waals surface area contributed by atoms with Gasteiger partial charge in [0.05, 0.1) is 12.0 Å². The van der Waals surface area contributed by atoms with Gasteiger partial charge in [-0.25, -0.2) is 5.43 Å². The van der Waals surface area contributed by atoms with E-state index in [4.69, 9.17) is 11.6 Å². The van der Waals surface area contributed by atoms with E-state index in [9.17, 15) is 4.79 Å². The molecule has 1 aromatic heterocycles. The smallest absolute Gasteiger partial charge is 0.250 e. The van der Waals surface area contributed by atoms with Gasteiger partial charge in [-0.1, -0.05) is 39.7 Å². The van der Waals surface area contributed by atoms with E-state index in [-0.39, 0.29) is 5.91 Å². The van der Waals surface area contributed by atoms with Crippen molar-refractivity contribution in [2.75, 3.05) is 5.75 Å². The van der Waals surface area contributed by atoms with Crippen molar-refractivity contribution in [3.05, 3.63) is 86.6 Å². The van der Waals surface area contributed by atoms with Gasteiger partial charge in [-0.2, -0.15) is 5.10 Å². The Labute approximate surface area is 188 Å². The van der Waals surface area contributed by atoms with Crippen molar-refractivity contribution in [2.24, 2.45) is 5.10 Å². The Hall–Kier alpha value is -2.02. The minimum absolute atomic E-state index is 0.118. The molecule has 0 aliphatic rings. The standard InChI is InChI=1S/C22H21BrClN3OS/c1-15-10-18(16(2)27(15)21-8-6-20(24)7-9-21)12-25-26-22(28)14-29-13-17-4-3-5-19(23)11-17/h3-12H,13-14H2,1-2H3,(H,26,28)/b25-12+. The van der Waals surface area contributed by atoms with Crippen LogP contribution in [0.5, 0.6) is 0 Å². The molecular formula is C22H21BrClN3OS. The zero-order chi connectivity index (χ0) is 20.8. The fraction of sp³-hybridized carbons (Fsp3) is 0.182. The molecule has 1 amide bonds. The highest BCUT2D eigenvalue weighted by molar-refractivity contribution is 9.10. The molecule has 0 unspecified atom stereocenters. The van der Waals surface area contributed by atoms with Gasteiger partial charge in [-0.05, 0) is 61.9 Å². The second kappa shape index (κ2) is 10.1. The van der Waals surface area contributed by atoms with Gasteiger partial charge in [0.2, 0.25) is 5.91 Å². The van der Waals surface area contributed by atoms with Crippen LogP contribution in [0, 0.1) is 13.8 Å². The van der Waals surface area contributed by atoms with Gasteiger partial charge in [0.1, 0.15) is 0 Å². The summed E-state index contributed by atoms with van der Waals surface area (Å²) in [5.74, 6) is 1.01. The number of hydrogen-bond acceptors (Lipinski definition) is 3. The molecule has 0 bridgehead atoms. The summed E-state index contributed by atoms with van der Waals surface area (Å²) < 4.78 is 3.17. The molecule has 1 N–H and O–H groups in total. The molecule has 0 saturated carbocycles. The van der Waals surface area contributed by atoms with E-state index >= 15 is 0 Å². The number of amides is 1. The first-order valence-electron chi connectivity index (χ1n) is 9.03. The number of hydrazone groups is 1. The number of carbonyl (C=O) groups is 1. The lowest BCUT2D eigenvalue weighted by Gasteiger charge is -2.09. The fourth-order valence-electron chi connectivity index (χ4n) is 3.00. The van der Waals surface area contributed by atoms with Crippen LogP contribution in [0.1, 0.15) is 22.5 Å². The minimum atomic E-state index is -0.118. The molecule has 3 rings (SSSR count). The Morgan fingerprint density at radius 3 is 2.69 bits per heavy atom. The highest BCUT2D eigenvalue weighted by Gasteiger charge is 2.09. The van der Waals surface area contributed by atoms with Crippen molar-refractivity contribution in [3.63, 3.8) is 0 Å². The van der Waals surface area contributed by atoms with Crippen molar-refractivity contribution in [1.82, 2.24) is 9.99 Å². The molecule has 0 spiro atoms. The zero-order valence-corrected chi connectivity index (χ0v) is 19.3. The van der Waals surface area contributed by atoms with E-state index in [1.807, 2.05) is 62.4 Å². The van der Waals surface area contributed by atoms with E-state index in [1.165, 1.54) is 5.56 Å². The summed E-state index contributed by atoms with van der Waals surface area (Å²) in [6.45, 7) is 4.06. The van der Waals surface area contributed by atoms with Crippen LogP contribution >= 0.6 is 39.3 Å². The van der Waals surface area contributed by atoms with Gasteiger partial charge in [0, 0.05) is 37.9 Å². The average Bonchev–Trinajstić information content (AvgIpc) is 2.96. The highest BCUT2D eigenvalue weighted by atomic mass is 79.9.